The molecule has 2 heterocycles. The van der Waals surface area contributed by atoms with Gasteiger partial charge >= 0.3 is 5.63 Å². The lowest BCUT2D eigenvalue weighted by atomic mass is 10.1. The summed E-state index contributed by atoms with van der Waals surface area (Å²) in [5.74, 6) is 1.15. The Hall–Kier alpha value is -2.56. The van der Waals surface area contributed by atoms with Gasteiger partial charge in [-0.25, -0.2) is 4.79 Å². The van der Waals surface area contributed by atoms with Crippen LogP contribution in [0.2, 0.25) is 0 Å². The number of rotatable bonds is 5. The number of amides is 1. The van der Waals surface area contributed by atoms with Crippen molar-refractivity contribution >= 4 is 5.91 Å². The van der Waals surface area contributed by atoms with Gasteiger partial charge in [0, 0.05) is 12.5 Å². The summed E-state index contributed by atoms with van der Waals surface area (Å²) in [6.07, 6.45) is 1.20. The summed E-state index contributed by atoms with van der Waals surface area (Å²) >= 11 is 0. The van der Waals surface area contributed by atoms with Crippen LogP contribution in [-0.2, 0) is 11.2 Å². The Kier molecular flexibility index (Phi) is 4.46. The molecule has 1 saturated heterocycles. The average Bonchev–Trinajstić information content (AvgIpc) is 2.48. The predicted molar refractivity (Wildman–Crippen MR) is 85.5 cm³/mol. The van der Waals surface area contributed by atoms with Crippen LogP contribution in [-0.4, -0.2) is 30.0 Å². The van der Waals surface area contributed by atoms with E-state index in [4.69, 9.17) is 9.15 Å². The highest BCUT2D eigenvalue weighted by Gasteiger charge is 2.31. The number of hydrogen-bond acceptors (Lipinski definition) is 4. The molecule has 120 valence electrons. The average molecular weight is 313 g/mol. The molecule has 0 radical (unpaired) electrons. The van der Waals surface area contributed by atoms with Gasteiger partial charge in [-0.3, -0.25) is 4.79 Å². The molecule has 3 rings (SSSR count). The van der Waals surface area contributed by atoms with Gasteiger partial charge in [0.25, 0.3) is 0 Å². The summed E-state index contributed by atoms with van der Waals surface area (Å²) in [7, 11) is 0. The van der Waals surface area contributed by atoms with E-state index in [1.165, 1.54) is 11.6 Å². The lowest BCUT2D eigenvalue weighted by Gasteiger charge is -2.39. The minimum Gasteiger partial charge on any atom is -0.486 e. The summed E-state index contributed by atoms with van der Waals surface area (Å²) in [6, 6.07) is 13.0. The second-order valence-electron chi connectivity index (χ2n) is 5.75. The number of aryl methyl sites for hydroxylation is 2. The quantitative estimate of drug-likeness (QED) is 0.849. The number of carbonyl (C=O) groups is 1. The van der Waals surface area contributed by atoms with Crippen molar-refractivity contribution in [2.75, 3.05) is 13.1 Å². The first kappa shape index (κ1) is 15.3. The number of nitrogens with zero attached hydrogens (tertiary/aromatic N) is 1. The van der Waals surface area contributed by atoms with Crippen LogP contribution in [0.15, 0.2) is 51.7 Å². The molecule has 1 aromatic carbocycles. The first-order valence-corrected chi connectivity index (χ1v) is 7.70. The predicted octanol–water partition coefficient (Wildman–Crippen LogP) is 2.17. The van der Waals surface area contributed by atoms with Gasteiger partial charge < -0.3 is 14.1 Å². The SMILES string of the molecule is Cc1cc(OC2CN(C(=O)CCc3ccccc3)C2)cc(=O)o1. The molecule has 1 aliphatic heterocycles. The second-order valence-corrected chi connectivity index (χ2v) is 5.75. The Morgan fingerprint density at radius 1 is 1.26 bits per heavy atom. The standard InChI is InChI=1S/C18H19NO4/c1-13-9-15(10-18(21)22-13)23-16-11-19(12-16)17(20)8-7-14-5-3-2-4-6-14/h2-6,9-10,16H,7-8,11-12H2,1H3. The summed E-state index contributed by atoms with van der Waals surface area (Å²) in [5, 5.41) is 0. The zero-order valence-electron chi connectivity index (χ0n) is 13.0. The normalized spacial score (nSPS) is 14.4. The van der Waals surface area contributed by atoms with Gasteiger partial charge in [-0.2, -0.15) is 0 Å². The molecule has 0 atom stereocenters. The second kappa shape index (κ2) is 6.69. The zero-order valence-corrected chi connectivity index (χ0v) is 13.0. The van der Waals surface area contributed by atoms with E-state index in [2.05, 4.69) is 0 Å². The van der Waals surface area contributed by atoms with Crippen molar-refractivity contribution in [2.45, 2.75) is 25.9 Å². The zero-order chi connectivity index (χ0) is 16.2. The highest BCUT2D eigenvalue weighted by molar-refractivity contribution is 5.77. The molecule has 0 aliphatic carbocycles. The number of benzene rings is 1. The molecule has 23 heavy (non-hydrogen) atoms. The smallest absolute Gasteiger partial charge is 0.339 e. The first-order valence-electron chi connectivity index (χ1n) is 7.70. The minimum atomic E-state index is -0.421. The fourth-order valence-electron chi connectivity index (χ4n) is 2.61. The van der Waals surface area contributed by atoms with Crippen molar-refractivity contribution in [3.63, 3.8) is 0 Å². The van der Waals surface area contributed by atoms with Crippen LogP contribution in [0.1, 0.15) is 17.7 Å². The fraction of sp³-hybridized carbons (Fsp3) is 0.333. The highest BCUT2D eigenvalue weighted by atomic mass is 16.5. The molecule has 0 unspecified atom stereocenters. The Bertz CT molecular complexity index is 732. The maximum atomic E-state index is 12.1. The van der Waals surface area contributed by atoms with E-state index in [0.29, 0.717) is 31.0 Å². The van der Waals surface area contributed by atoms with E-state index < -0.39 is 5.63 Å². The molecule has 1 amide bonds. The molecule has 0 bridgehead atoms. The van der Waals surface area contributed by atoms with Crippen LogP contribution in [0.4, 0.5) is 0 Å². The third-order valence-corrected chi connectivity index (χ3v) is 3.84. The lowest BCUT2D eigenvalue weighted by Crippen LogP contribution is -2.56. The van der Waals surface area contributed by atoms with Crippen LogP contribution >= 0.6 is 0 Å². The topological polar surface area (TPSA) is 59.8 Å². The molecule has 2 aromatic rings. The molecule has 0 spiro atoms. The largest absolute Gasteiger partial charge is 0.486 e. The Morgan fingerprint density at radius 2 is 2.00 bits per heavy atom. The van der Waals surface area contributed by atoms with E-state index >= 15 is 0 Å². The summed E-state index contributed by atoms with van der Waals surface area (Å²) in [4.78, 5) is 25.2. The molecule has 0 N–H and O–H groups in total. The van der Waals surface area contributed by atoms with Gasteiger partial charge in [0.05, 0.1) is 19.2 Å². The molecule has 5 heteroatoms. The van der Waals surface area contributed by atoms with Crippen molar-refractivity contribution in [3.05, 3.63) is 64.2 Å². The fourth-order valence-corrected chi connectivity index (χ4v) is 2.61. The number of hydrogen-bond donors (Lipinski definition) is 0. The van der Waals surface area contributed by atoms with E-state index in [-0.39, 0.29) is 12.0 Å². The third-order valence-electron chi connectivity index (χ3n) is 3.84. The molecule has 1 fully saturated rings. The van der Waals surface area contributed by atoms with Crippen LogP contribution in [0.3, 0.4) is 0 Å². The highest BCUT2D eigenvalue weighted by Crippen LogP contribution is 2.19. The number of carbonyl (C=O) groups excluding carboxylic acids is 1. The van der Waals surface area contributed by atoms with Gasteiger partial charge in [-0.15, -0.1) is 0 Å². The van der Waals surface area contributed by atoms with Gasteiger partial charge in [-0.05, 0) is 18.9 Å². The molecule has 0 saturated carbocycles. The van der Waals surface area contributed by atoms with Crippen LogP contribution in [0.25, 0.3) is 0 Å². The van der Waals surface area contributed by atoms with Gasteiger partial charge in [0.2, 0.25) is 5.91 Å². The molecule has 5 nitrogen and oxygen atoms in total. The minimum absolute atomic E-state index is 0.0584. The molecular weight excluding hydrogens is 294 g/mol. The molecule has 1 aliphatic rings. The van der Waals surface area contributed by atoms with Crippen molar-refractivity contribution < 1.29 is 13.9 Å². The Labute approximate surface area is 134 Å². The summed E-state index contributed by atoms with van der Waals surface area (Å²) in [5.41, 5.74) is 0.746. The molecular formula is C18H19NO4. The van der Waals surface area contributed by atoms with Crippen LogP contribution in [0.5, 0.6) is 5.75 Å². The van der Waals surface area contributed by atoms with Crippen molar-refractivity contribution in [3.8, 4) is 5.75 Å². The van der Waals surface area contributed by atoms with E-state index in [9.17, 15) is 9.59 Å². The van der Waals surface area contributed by atoms with Crippen LogP contribution < -0.4 is 10.4 Å². The Morgan fingerprint density at radius 3 is 2.70 bits per heavy atom. The van der Waals surface area contributed by atoms with Crippen LogP contribution in [0, 0.1) is 6.92 Å². The monoisotopic (exact) mass is 313 g/mol. The summed E-state index contributed by atoms with van der Waals surface area (Å²) < 4.78 is 10.6. The number of ether oxygens (including phenoxy) is 1. The third kappa shape index (κ3) is 4.00. The summed E-state index contributed by atoms with van der Waals surface area (Å²) in [6.45, 7) is 2.83. The maximum absolute atomic E-state index is 12.1. The lowest BCUT2D eigenvalue weighted by molar-refractivity contribution is -0.139. The van der Waals surface area contributed by atoms with Crippen molar-refractivity contribution in [1.82, 2.24) is 4.90 Å². The molecule has 1 aromatic heterocycles. The van der Waals surface area contributed by atoms with E-state index in [1.54, 1.807) is 17.9 Å². The van der Waals surface area contributed by atoms with Gasteiger partial charge in [-0.1, -0.05) is 30.3 Å². The first-order chi connectivity index (χ1) is 11.1. The van der Waals surface area contributed by atoms with Gasteiger partial charge in [0.1, 0.15) is 17.6 Å². The Balaban J connectivity index is 1.45. The van der Waals surface area contributed by atoms with Crippen molar-refractivity contribution in [2.24, 2.45) is 0 Å². The van der Waals surface area contributed by atoms with Crippen molar-refractivity contribution in [1.29, 1.82) is 0 Å². The maximum Gasteiger partial charge on any atom is 0.339 e. The van der Waals surface area contributed by atoms with E-state index in [0.717, 1.165) is 6.42 Å². The number of likely N-dealkylation sites (tertiary alicyclic amines) is 1. The van der Waals surface area contributed by atoms with Gasteiger partial charge in [0.15, 0.2) is 0 Å². The van der Waals surface area contributed by atoms with E-state index in [1.807, 2.05) is 30.3 Å².